The monoisotopic (exact) mass is 560 g/mol. The molecule has 0 bridgehead atoms. The molecule has 0 saturated heterocycles. The van der Waals surface area contributed by atoms with Crippen LogP contribution in [0, 0.1) is 0 Å². The zero-order valence-corrected chi connectivity index (χ0v) is 23.7. The van der Waals surface area contributed by atoms with Gasteiger partial charge >= 0.3 is 11.9 Å². The minimum Gasteiger partial charge on any atom is -0.507 e. The molecule has 0 radical (unpaired) electrons. The maximum atomic E-state index is 12.6. The van der Waals surface area contributed by atoms with E-state index in [1.54, 1.807) is 12.1 Å². The van der Waals surface area contributed by atoms with Crippen LogP contribution in [0.3, 0.4) is 0 Å². The van der Waals surface area contributed by atoms with E-state index >= 15 is 0 Å². The van der Waals surface area contributed by atoms with Crippen molar-refractivity contribution in [3.8, 4) is 17.2 Å². The largest absolute Gasteiger partial charge is 0.507 e. The van der Waals surface area contributed by atoms with Crippen molar-refractivity contribution >= 4 is 17.7 Å². The fourth-order valence-electron chi connectivity index (χ4n) is 5.06. The van der Waals surface area contributed by atoms with Gasteiger partial charge in [-0.25, -0.2) is 4.79 Å². The number of nitrogens with zero attached hydrogens (tertiary/aromatic N) is 1. The summed E-state index contributed by atoms with van der Waals surface area (Å²) >= 11 is 0. The first kappa shape index (κ1) is 29.6. The number of esters is 1. The van der Waals surface area contributed by atoms with E-state index < -0.39 is 18.0 Å². The van der Waals surface area contributed by atoms with Crippen LogP contribution in [-0.2, 0) is 22.0 Å². The smallest absolute Gasteiger partial charge is 0.347 e. The van der Waals surface area contributed by atoms with E-state index in [4.69, 9.17) is 20.3 Å². The summed E-state index contributed by atoms with van der Waals surface area (Å²) in [6.07, 6.45) is 2.29. The van der Waals surface area contributed by atoms with Crippen LogP contribution >= 0.6 is 0 Å². The number of phenolic OH excluding ortho intramolecular Hbond substituents is 1. The molecule has 0 aromatic heterocycles. The minimum absolute atomic E-state index is 0.00552. The van der Waals surface area contributed by atoms with Crippen molar-refractivity contribution in [3.63, 3.8) is 0 Å². The molecule has 0 spiro atoms. The van der Waals surface area contributed by atoms with Crippen LogP contribution in [0.4, 0.5) is 0 Å². The quantitative estimate of drug-likeness (QED) is 0.0919. The minimum atomic E-state index is -1.10. The molecule has 3 aromatic rings. The highest BCUT2D eigenvalue weighted by molar-refractivity contribution is 6.01. The van der Waals surface area contributed by atoms with E-state index in [1.165, 1.54) is 41.5 Å². The number of hydrogen-bond donors (Lipinski definition) is 4. The lowest BCUT2D eigenvalue weighted by Crippen LogP contribution is -2.34. The van der Waals surface area contributed by atoms with E-state index in [2.05, 4.69) is 45.0 Å². The Morgan fingerprint density at radius 3 is 2.17 bits per heavy atom. The molecule has 9 nitrogen and oxygen atoms in total. The molecule has 4 rings (SSSR count). The highest BCUT2D eigenvalue weighted by Crippen LogP contribution is 2.46. The number of hydrogen-bond acceptors (Lipinski definition) is 8. The van der Waals surface area contributed by atoms with Crippen LogP contribution in [-0.4, -0.2) is 45.7 Å². The van der Waals surface area contributed by atoms with Crippen molar-refractivity contribution in [2.24, 2.45) is 10.9 Å². The first-order valence-corrected chi connectivity index (χ1v) is 13.4. The van der Waals surface area contributed by atoms with E-state index in [9.17, 15) is 19.9 Å². The molecule has 1 aliphatic carbocycles. The first-order valence-electron chi connectivity index (χ1n) is 13.4. The molecular weight excluding hydrogens is 524 g/mol. The van der Waals surface area contributed by atoms with Crippen LogP contribution in [0.1, 0.15) is 73.1 Å². The number of rotatable bonds is 9. The van der Waals surface area contributed by atoms with Gasteiger partial charge in [0.15, 0.2) is 0 Å². The molecule has 216 valence electrons. The number of oxime groups is 1. The molecule has 0 heterocycles. The number of carboxylic acid groups (broad SMARTS) is 1. The highest BCUT2D eigenvalue weighted by Gasteiger charge is 2.37. The Morgan fingerprint density at radius 2 is 1.56 bits per heavy atom. The average molecular weight is 561 g/mol. The van der Waals surface area contributed by atoms with Crippen molar-refractivity contribution in [2.45, 2.75) is 63.8 Å². The van der Waals surface area contributed by atoms with E-state index in [1.807, 2.05) is 6.07 Å². The fourth-order valence-corrected chi connectivity index (χ4v) is 5.06. The van der Waals surface area contributed by atoms with E-state index in [0.29, 0.717) is 11.3 Å². The molecule has 9 heteroatoms. The molecule has 1 unspecified atom stereocenters. The summed E-state index contributed by atoms with van der Waals surface area (Å²) in [7, 11) is 0. The Balaban J connectivity index is 1.41. The van der Waals surface area contributed by atoms with Gasteiger partial charge in [0.25, 0.3) is 0 Å². The number of carboxylic acids is 1. The summed E-state index contributed by atoms with van der Waals surface area (Å²) < 4.78 is 11.1. The predicted molar refractivity (Wildman–Crippen MR) is 154 cm³/mol. The fraction of sp³-hybridized carbons (Fsp3) is 0.344. The lowest BCUT2D eigenvalue weighted by Gasteiger charge is -2.42. The lowest BCUT2D eigenvalue weighted by atomic mass is 9.63. The number of fused-ring (bicyclic) bond motifs is 1. The van der Waals surface area contributed by atoms with Gasteiger partial charge in [0.2, 0.25) is 0 Å². The number of phenols is 1. The van der Waals surface area contributed by atoms with Crippen LogP contribution in [0.25, 0.3) is 0 Å². The second kappa shape index (κ2) is 11.6. The van der Waals surface area contributed by atoms with Gasteiger partial charge in [0.1, 0.15) is 41.2 Å². The normalized spacial score (nSPS) is 16.4. The van der Waals surface area contributed by atoms with Crippen molar-refractivity contribution in [1.29, 1.82) is 0 Å². The number of carbonyl (C=O) groups is 2. The van der Waals surface area contributed by atoms with Crippen LogP contribution in [0.2, 0.25) is 0 Å². The number of aliphatic carboxylic acids is 1. The second-order valence-corrected chi connectivity index (χ2v) is 11.7. The molecule has 0 saturated carbocycles. The lowest BCUT2D eigenvalue weighted by molar-refractivity contribution is -0.138. The SMILES string of the molecule is CC1(C)CCC(C)(C)c2cc(/C(COc3ccc(C(=O)Oc4ccc(CC(N)C(=O)O)cc4)c(O)c3)=N\O)ccc21. The second-order valence-electron chi connectivity index (χ2n) is 11.7. The topological polar surface area (TPSA) is 152 Å². The molecule has 0 aliphatic heterocycles. The van der Waals surface area contributed by atoms with Gasteiger partial charge in [0.05, 0.1) is 0 Å². The van der Waals surface area contributed by atoms with Gasteiger partial charge < -0.3 is 30.6 Å². The Labute approximate surface area is 239 Å². The summed E-state index contributed by atoms with van der Waals surface area (Å²) in [5, 5.41) is 32.7. The van der Waals surface area contributed by atoms with Crippen LogP contribution in [0.15, 0.2) is 65.8 Å². The molecule has 41 heavy (non-hydrogen) atoms. The third-order valence-corrected chi connectivity index (χ3v) is 7.78. The van der Waals surface area contributed by atoms with Gasteiger partial charge in [-0.3, -0.25) is 4.79 Å². The molecule has 1 aliphatic rings. The zero-order chi connectivity index (χ0) is 29.9. The molecular formula is C32H36N2O7. The van der Waals surface area contributed by atoms with Crippen molar-refractivity contribution in [3.05, 3.63) is 88.5 Å². The maximum absolute atomic E-state index is 12.6. The third-order valence-electron chi connectivity index (χ3n) is 7.78. The van der Waals surface area contributed by atoms with Crippen molar-refractivity contribution in [1.82, 2.24) is 0 Å². The van der Waals surface area contributed by atoms with Gasteiger partial charge in [-0.2, -0.15) is 0 Å². The van der Waals surface area contributed by atoms with E-state index in [-0.39, 0.29) is 46.7 Å². The Morgan fingerprint density at radius 1 is 0.927 bits per heavy atom. The molecule has 1 atom stereocenters. The molecule has 3 aromatic carbocycles. The van der Waals surface area contributed by atoms with Gasteiger partial charge in [-0.05, 0) is 77.1 Å². The third kappa shape index (κ3) is 6.69. The summed E-state index contributed by atoms with van der Waals surface area (Å²) in [5.74, 6) is -1.71. The van der Waals surface area contributed by atoms with Gasteiger partial charge in [-0.15, -0.1) is 0 Å². The predicted octanol–water partition coefficient (Wildman–Crippen LogP) is 5.17. The standard InChI is InChI=1S/C32H36N2O7/c1-31(2)13-14-32(3,4)25-16-20(7-12-24(25)31)27(34-39)18-40-22-10-11-23(28(35)17-22)30(38)41-21-8-5-19(6-9-21)15-26(33)29(36)37/h5-12,16-17,26,35,39H,13-15,18,33H2,1-4H3,(H,36,37)/b34-27-. The number of ether oxygens (including phenoxy) is 2. The number of nitrogens with two attached hydrogens (primary N) is 1. The highest BCUT2D eigenvalue weighted by atomic mass is 16.5. The van der Waals surface area contributed by atoms with Crippen molar-refractivity contribution < 1.29 is 34.5 Å². The summed E-state index contributed by atoms with van der Waals surface area (Å²) in [6, 6.07) is 15.5. The van der Waals surface area contributed by atoms with Gasteiger partial charge in [-0.1, -0.05) is 57.1 Å². The summed E-state index contributed by atoms with van der Waals surface area (Å²) in [4.78, 5) is 23.6. The molecule has 0 amide bonds. The van der Waals surface area contributed by atoms with Crippen LogP contribution < -0.4 is 15.2 Å². The Bertz CT molecular complexity index is 1480. The Hall–Kier alpha value is -4.37. The number of aromatic hydroxyl groups is 1. The average Bonchev–Trinajstić information content (AvgIpc) is 2.92. The number of benzene rings is 3. The Kier molecular flexibility index (Phi) is 8.39. The van der Waals surface area contributed by atoms with Crippen LogP contribution in [0.5, 0.6) is 17.2 Å². The number of carbonyl (C=O) groups excluding carboxylic acids is 1. The zero-order valence-electron chi connectivity index (χ0n) is 23.7. The van der Waals surface area contributed by atoms with E-state index in [0.717, 1.165) is 18.4 Å². The van der Waals surface area contributed by atoms with Crippen molar-refractivity contribution in [2.75, 3.05) is 6.61 Å². The summed E-state index contributed by atoms with van der Waals surface area (Å²) in [6.45, 7) is 8.88. The first-order chi connectivity index (χ1) is 19.3. The summed E-state index contributed by atoms with van der Waals surface area (Å²) in [5.41, 5.74) is 9.83. The molecule has 0 fully saturated rings. The van der Waals surface area contributed by atoms with Gasteiger partial charge in [0, 0.05) is 11.6 Å². The maximum Gasteiger partial charge on any atom is 0.347 e. The molecule has 5 N–H and O–H groups in total.